The van der Waals surface area contributed by atoms with Crippen LogP contribution in [0.2, 0.25) is 0 Å². The van der Waals surface area contributed by atoms with Crippen molar-refractivity contribution in [2.75, 3.05) is 25.1 Å². The number of phenols is 1. The van der Waals surface area contributed by atoms with Gasteiger partial charge in [0, 0.05) is 24.1 Å². The molecule has 4 fully saturated rings. The summed E-state index contributed by atoms with van der Waals surface area (Å²) in [6, 6.07) is 16.0. The minimum atomic E-state index is 0.356. The van der Waals surface area contributed by atoms with Gasteiger partial charge in [-0.05, 0) is 184 Å². The fourth-order valence-electron chi connectivity index (χ4n) is 13.3. The summed E-state index contributed by atoms with van der Waals surface area (Å²) in [7, 11) is 6.46. The Hall–Kier alpha value is -1.40. The van der Waals surface area contributed by atoms with Crippen molar-refractivity contribution in [2.45, 2.75) is 116 Å². The molecule has 1 aliphatic heterocycles. The summed E-state index contributed by atoms with van der Waals surface area (Å²) in [6.45, 7) is 7.01. The first-order valence-electron chi connectivity index (χ1n) is 20.4. The molecule has 0 saturated heterocycles. The van der Waals surface area contributed by atoms with Gasteiger partial charge in [-0.15, -0.1) is 0 Å². The number of aromatic hydroxyl groups is 1. The molecule has 3 N–H and O–H groups in total. The summed E-state index contributed by atoms with van der Waals surface area (Å²) in [4.78, 5) is 0. The van der Waals surface area contributed by atoms with Gasteiger partial charge >= 0.3 is 0 Å². The van der Waals surface area contributed by atoms with E-state index >= 15 is 0 Å². The van der Waals surface area contributed by atoms with Gasteiger partial charge in [0.1, 0.15) is 5.75 Å². The van der Waals surface area contributed by atoms with E-state index in [9.17, 15) is 5.11 Å². The maximum absolute atomic E-state index is 11.2. The molecule has 0 radical (unpaired) electrons. The zero-order valence-electron chi connectivity index (χ0n) is 31.2. The number of nitrogens with one attached hydrogen (secondary N) is 2. The third-order valence-corrected chi connectivity index (χ3v) is 17.6. The second kappa shape index (κ2) is 14.8. The van der Waals surface area contributed by atoms with E-state index in [1.807, 2.05) is 6.07 Å². The maximum Gasteiger partial charge on any atom is 0.116 e. The molecular formula is C45H64N2OS2. The molecule has 0 unspecified atom stereocenters. The topological polar surface area (TPSA) is 44.3 Å². The lowest BCUT2D eigenvalue weighted by Crippen LogP contribution is -2.52. The average molecular weight is 713 g/mol. The van der Waals surface area contributed by atoms with Crippen LogP contribution in [0.3, 0.4) is 0 Å². The van der Waals surface area contributed by atoms with Crippen LogP contribution in [-0.2, 0) is 19.4 Å². The van der Waals surface area contributed by atoms with E-state index in [1.54, 1.807) is 0 Å². The van der Waals surface area contributed by atoms with Crippen LogP contribution < -0.4 is 10.6 Å². The quantitative estimate of drug-likeness (QED) is 0.214. The Balaban J connectivity index is 1.17. The van der Waals surface area contributed by atoms with Crippen LogP contribution in [0.5, 0.6) is 5.75 Å². The van der Waals surface area contributed by atoms with E-state index in [0.29, 0.717) is 34.0 Å². The normalized spacial score (nSPS) is 38.6. The summed E-state index contributed by atoms with van der Waals surface area (Å²) in [5, 5.41) is 18.7. The van der Waals surface area contributed by atoms with Crippen LogP contribution >= 0.6 is 21.6 Å². The molecule has 2 aromatic carbocycles. The van der Waals surface area contributed by atoms with Gasteiger partial charge in [-0.2, -0.15) is 0 Å². The molecule has 2 aromatic rings. The van der Waals surface area contributed by atoms with Crippen LogP contribution in [0.1, 0.15) is 113 Å². The van der Waals surface area contributed by atoms with Crippen molar-refractivity contribution < 1.29 is 5.11 Å². The van der Waals surface area contributed by atoms with Crippen molar-refractivity contribution in [1.82, 2.24) is 10.6 Å². The van der Waals surface area contributed by atoms with Crippen molar-refractivity contribution >= 4 is 21.6 Å². The minimum Gasteiger partial charge on any atom is -0.508 e. The lowest BCUT2D eigenvalue weighted by Gasteiger charge is -2.60. The van der Waals surface area contributed by atoms with Crippen molar-refractivity contribution in [2.24, 2.45) is 51.8 Å². The van der Waals surface area contributed by atoms with Gasteiger partial charge < -0.3 is 15.7 Å². The zero-order valence-corrected chi connectivity index (χ0v) is 32.9. The molecular weight excluding hydrogens is 649 g/mol. The second-order valence-corrected chi connectivity index (χ2v) is 21.2. The standard InChI is InChI=1S/C45H64N2OS2/c1-31-9-8-14-45(22-31)30-43(23-39(26-46-3)44(29-43)12-6-7-13-44)24-41-38-17-34-15-33(19-40(48)20-34)16-36-10-4-5-11-37(36)25-47-32(2)27-49-50-28-35(18-38)21-42(41)45/h4-5,8,10-11,14-15,19-20,31-32,35,38-39,41-42,46-48H,6-7,9,12-13,16-18,21-30H2,1-3H3/t31-,32+,35+,38+,39-,41-,42-,43+,45+/m1/s1. The number of phenolic OH excluding ortho intramolecular Hbond substituents is 1. The number of rotatable bonds is 2. The fraction of sp³-hybridized carbons (Fsp3) is 0.689. The summed E-state index contributed by atoms with van der Waals surface area (Å²) >= 11 is 0. The highest BCUT2D eigenvalue weighted by molar-refractivity contribution is 8.76. The molecule has 272 valence electrons. The predicted octanol–water partition coefficient (Wildman–Crippen LogP) is 10.6. The number of allylic oxidation sites excluding steroid dienone is 2. The van der Waals surface area contributed by atoms with E-state index in [-0.39, 0.29) is 0 Å². The lowest BCUT2D eigenvalue weighted by atomic mass is 9.44. The number of benzene rings is 2. The Bertz CT molecular complexity index is 1520. The Morgan fingerprint density at radius 3 is 2.54 bits per heavy atom. The predicted molar refractivity (Wildman–Crippen MR) is 215 cm³/mol. The SMILES string of the molecule is CNC[C@H]1C[C@]2(C[C@@H]3[C@H]4Cc5cc(O)cc(c5)Cc5ccccc5CN[C@@H](C)CSSC[C@@H](C4)C[C@H]3[C@]3(C=CC[C@@H](C)C3)C2)CC12CCCC2. The molecule has 0 aromatic heterocycles. The molecule has 3 nitrogen and oxygen atoms in total. The molecule has 4 bridgehead atoms. The Kier molecular flexibility index (Phi) is 10.5. The zero-order chi connectivity index (χ0) is 34.3. The third-order valence-electron chi connectivity index (χ3n) is 14.9. The molecule has 8 rings (SSSR count). The molecule has 0 amide bonds. The Labute approximate surface area is 311 Å². The molecule has 1 heterocycles. The van der Waals surface area contributed by atoms with Crippen LogP contribution in [0.25, 0.3) is 0 Å². The first kappa shape index (κ1) is 35.6. The van der Waals surface area contributed by atoms with Gasteiger partial charge in [-0.25, -0.2) is 0 Å². The highest BCUT2D eigenvalue weighted by atomic mass is 33.1. The van der Waals surface area contributed by atoms with E-state index in [1.165, 1.54) is 112 Å². The van der Waals surface area contributed by atoms with E-state index in [2.05, 4.69) is 102 Å². The Morgan fingerprint density at radius 2 is 1.72 bits per heavy atom. The Morgan fingerprint density at radius 1 is 0.920 bits per heavy atom. The lowest BCUT2D eigenvalue weighted by molar-refractivity contribution is -0.0844. The molecule has 4 saturated carbocycles. The summed E-state index contributed by atoms with van der Waals surface area (Å²) < 4.78 is 0. The molecule has 6 aliphatic rings. The van der Waals surface area contributed by atoms with Gasteiger partial charge in [0.25, 0.3) is 0 Å². The number of hydrogen-bond donors (Lipinski definition) is 3. The maximum atomic E-state index is 11.2. The van der Waals surface area contributed by atoms with Crippen molar-refractivity contribution in [1.29, 1.82) is 0 Å². The van der Waals surface area contributed by atoms with Gasteiger partial charge in [0.2, 0.25) is 0 Å². The van der Waals surface area contributed by atoms with Crippen molar-refractivity contribution in [3.63, 3.8) is 0 Å². The smallest absolute Gasteiger partial charge is 0.116 e. The summed E-state index contributed by atoms with van der Waals surface area (Å²) in [6.07, 6.45) is 24.6. The van der Waals surface area contributed by atoms with E-state index in [4.69, 9.17) is 0 Å². The van der Waals surface area contributed by atoms with Gasteiger partial charge in [0.15, 0.2) is 0 Å². The summed E-state index contributed by atoms with van der Waals surface area (Å²) in [5.74, 6) is 7.52. The first-order chi connectivity index (χ1) is 24.3. The van der Waals surface area contributed by atoms with Crippen LogP contribution in [0.15, 0.2) is 54.6 Å². The van der Waals surface area contributed by atoms with E-state index < -0.39 is 0 Å². The average Bonchev–Trinajstić information content (AvgIpc) is 3.66. The summed E-state index contributed by atoms with van der Waals surface area (Å²) in [5.41, 5.74) is 6.80. The highest BCUT2D eigenvalue weighted by Crippen LogP contribution is 2.72. The van der Waals surface area contributed by atoms with Crippen molar-refractivity contribution in [3.8, 4) is 5.75 Å². The van der Waals surface area contributed by atoms with E-state index in [0.717, 1.165) is 54.7 Å². The monoisotopic (exact) mass is 712 g/mol. The van der Waals surface area contributed by atoms with Crippen LogP contribution in [0, 0.1) is 51.8 Å². The number of hydrogen-bond acceptors (Lipinski definition) is 5. The molecule has 50 heavy (non-hydrogen) atoms. The van der Waals surface area contributed by atoms with Crippen LogP contribution in [-0.4, -0.2) is 36.2 Å². The van der Waals surface area contributed by atoms with Gasteiger partial charge in [0.05, 0.1) is 0 Å². The molecule has 5 aliphatic carbocycles. The number of fused-ring (bicyclic) bond motifs is 8. The fourth-order valence-corrected chi connectivity index (χ4v) is 16.0. The second-order valence-electron chi connectivity index (χ2n) is 18.6. The first-order valence-corrected chi connectivity index (χ1v) is 22.9. The van der Waals surface area contributed by atoms with Crippen LogP contribution in [0.4, 0.5) is 0 Å². The van der Waals surface area contributed by atoms with Gasteiger partial charge in [-0.1, -0.05) is 83.8 Å². The highest BCUT2D eigenvalue weighted by Gasteiger charge is 2.63. The van der Waals surface area contributed by atoms with Gasteiger partial charge in [-0.3, -0.25) is 0 Å². The molecule has 9 atom stereocenters. The van der Waals surface area contributed by atoms with Crippen molar-refractivity contribution in [3.05, 3.63) is 76.9 Å². The minimum absolute atomic E-state index is 0.356. The molecule has 3 spiro atoms. The largest absolute Gasteiger partial charge is 0.508 e. The third kappa shape index (κ3) is 7.25. The molecule has 5 heteroatoms.